The molecule has 2 saturated heterocycles. The molecule has 0 bridgehead atoms. The van der Waals surface area contributed by atoms with Crippen LogP contribution in [0.3, 0.4) is 0 Å². The van der Waals surface area contributed by atoms with Gasteiger partial charge in [-0.05, 0) is 63.9 Å². The van der Waals surface area contributed by atoms with Gasteiger partial charge in [0.25, 0.3) is 5.91 Å². The number of nitrogens with zero attached hydrogens (tertiary/aromatic N) is 4. The number of piperidine rings is 1. The maximum Gasteiger partial charge on any atom is 0.253 e. The van der Waals surface area contributed by atoms with Crippen molar-refractivity contribution in [3.8, 4) is 0 Å². The van der Waals surface area contributed by atoms with Crippen molar-refractivity contribution in [1.82, 2.24) is 19.6 Å². The van der Waals surface area contributed by atoms with Gasteiger partial charge in [-0.3, -0.25) is 14.4 Å². The molecule has 0 spiro atoms. The molecule has 0 N–H and O–H groups in total. The van der Waals surface area contributed by atoms with E-state index < -0.39 is 0 Å². The quantitative estimate of drug-likeness (QED) is 0.834. The first kappa shape index (κ1) is 18.2. The predicted molar refractivity (Wildman–Crippen MR) is 107 cm³/mol. The lowest BCUT2D eigenvalue weighted by Crippen LogP contribution is -2.63. The Kier molecular flexibility index (Phi) is 5.04. The molecule has 1 atom stereocenters. The van der Waals surface area contributed by atoms with Crippen LogP contribution >= 0.6 is 0 Å². The highest BCUT2D eigenvalue weighted by Gasteiger charge is 2.37. The lowest BCUT2D eigenvalue weighted by molar-refractivity contribution is 0.00213. The molecule has 27 heavy (non-hydrogen) atoms. The number of rotatable bonds is 4. The highest BCUT2D eigenvalue weighted by Crippen LogP contribution is 2.25. The van der Waals surface area contributed by atoms with Crippen LogP contribution in [0.1, 0.15) is 53.5 Å². The van der Waals surface area contributed by atoms with Crippen LogP contribution in [0, 0.1) is 13.8 Å². The molecular weight excluding hydrogens is 336 g/mol. The van der Waals surface area contributed by atoms with Crippen molar-refractivity contribution in [2.75, 3.05) is 19.6 Å². The molecule has 1 unspecified atom stereocenters. The van der Waals surface area contributed by atoms with Crippen LogP contribution in [0.15, 0.2) is 30.3 Å². The Morgan fingerprint density at radius 3 is 2.52 bits per heavy atom. The molecule has 2 aliphatic heterocycles. The molecule has 3 heterocycles. The molecule has 144 valence electrons. The second kappa shape index (κ2) is 7.47. The summed E-state index contributed by atoms with van der Waals surface area (Å²) in [4.78, 5) is 17.3. The fourth-order valence-corrected chi connectivity index (χ4v) is 4.44. The number of aromatic nitrogens is 2. The van der Waals surface area contributed by atoms with Crippen molar-refractivity contribution < 1.29 is 4.79 Å². The number of benzene rings is 1. The predicted octanol–water partition coefficient (Wildman–Crippen LogP) is 3.25. The van der Waals surface area contributed by atoms with Crippen LogP contribution in [0.2, 0.25) is 0 Å². The number of carbonyl (C=O) groups is 1. The molecule has 1 aromatic heterocycles. The van der Waals surface area contributed by atoms with Gasteiger partial charge in [0.05, 0.1) is 12.2 Å². The van der Waals surface area contributed by atoms with Crippen molar-refractivity contribution in [3.63, 3.8) is 0 Å². The third-order valence-corrected chi connectivity index (χ3v) is 6.11. The summed E-state index contributed by atoms with van der Waals surface area (Å²) in [7, 11) is 0. The maximum atomic E-state index is 12.8. The number of likely N-dealkylation sites (tertiary alicyclic amines) is 2. The number of hydrogen-bond acceptors (Lipinski definition) is 3. The molecular formula is C22H30N4O. The Morgan fingerprint density at radius 1 is 1.15 bits per heavy atom. The summed E-state index contributed by atoms with van der Waals surface area (Å²) in [5, 5.41) is 4.51. The minimum Gasteiger partial charge on any atom is -0.335 e. The molecule has 0 aliphatic carbocycles. The van der Waals surface area contributed by atoms with Gasteiger partial charge < -0.3 is 4.90 Å². The molecule has 1 amide bonds. The minimum absolute atomic E-state index is 0.161. The first-order chi connectivity index (χ1) is 13.0. The molecule has 0 radical (unpaired) electrons. The third-order valence-electron chi connectivity index (χ3n) is 6.11. The van der Waals surface area contributed by atoms with Gasteiger partial charge in [-0.1, -0.05) is 18.6 Å². The number of carbonyl (C=O) groups excluding carboxylic acids is 1. The van der Waals surface area contributed by atoms with E-state index in [4.69, 9.17) is 0 Å². The van der Waals surface area contributed by atoms with Gasteiger partial charge in [0, 0.05) is 36.4 Å². The monoisotopic (exact) mass is 366 g/mol. The SMILES string of the molecule is Cc1cc(C)n(Cc2ccc(C(=O)N3CC(N4CCCCC4C)C3)cc2)n1. The molecule has 4 rings (SSSR count). The highest BCUT2D eigenvalue weighted by molar-refractivity contribution is 5.94. The molecule has 2 aromatic rings. The van der Waals surface area contributed by atoms with Crippen LogP contribution in [-0.2, 0) is 6.54 Å². The summed E-state index contributed by atoms with van der Waals surface area (Å²) in [5.74, 6) is 0.161. The zero-order valence-corrected chi connectivity index (χ0v) is 16.7. The summed E-state index contributed by atoms with van der Waals surface area (Å²) in [6, 6.07) is 11.3. The Hall–Kier alpha value is -2.14. The van der Waals surface area contributed by atoms with Crippen LogP contribution in [0.4, 0.5) is 0 Å². The van der Waals surface area contributed by atoms with Gasteiger partial charge in [-0.2, -0.15) is 5.10 Å². The largest absolute Gasteiger partial charge is 0.335 e. The van der Waals surface area contributed by atoms with Gasteiger partial charge in [-0.15, -0.1) is 0 Å². The van der Waals surface area contributed by atoms with Crippen LogP contribution in [0.5, 0.6) is 0 Å². The Bertz CT molecular complexity index is 804. The summed E-state index contributed by atoms with van der Waals surface area (Å²) in [6.45, 7) is 10.1. The zero-order valence-electron chi connectivity index (χ0n) is 16.7. The van der Waals surface area contributed by atoms with Gasteiger partial charge in [-0.25, -0.2) is 0 Å². The number of hydrogen-bond donors (Lipinski definition) is 0. The highest BCUT2D eigenvalue weighted by atomic mass is 16.2. The van der Waals surface area contributed by atoms with Gasteiger partial charge in [0.1, 0.15) is 0 Å². The fraction of sp³-hybridized carbons (Fsp3) is 0.545. The first-order valence-electron chi connectivity index (χ1n) is 10.2. The number of amides is 1. The molecule has 1 aromatic carbocycles. The molecule has 2 aliphatic rings. The Balaban J connectivity index is 1.34. The normalized spacial score (nSPS) is 21.3. The second-order valence-corrected chi connectivity index (χ2v) is 8.23. The van der Waals surface area contributed by atoms with Crippen molar-refractivity contribution in [1.29, 1.82) is 0 Å². The van der Waals surface area contributed by atoms with E-state index in [1.807, 2.05) is 40.8 Å². The van der Waals surface area contributed by atoms with Crippen molar-refractivity contribution in [3.05, 3.63) is 52.8 Å². The molecule has 2 fully saturated rings. The van der Waals surface area contributed by atoms with Crippen molar-refractivity contribution in [2.24, 2.45) is 0 Å². The van der Waals surface area contributed by atoms with E-state index in [0.717, 1.165) is 36.6 Å². The topological polar surface area (TPSA) is 41.4 Å². The summed E-state index contributed by atoms with van der Waals surface area (Å²) in [5.41, 5.74) is 4.15. The standard InChI is InChI=1S/C22H30N4O/c1-16-12-18(3)26(23-16)13-19-7-9-20(10-8-19)22(27)24-14-21(15-24)25-11-5-4-6-17(25)2/h7-10,12,17,21H,4-6,11,13-15H2,1-3H3. The molecule has 5 heteroatoms. The van der Waals surface area contributed by atoms with Crippen molar-refractivity contribution in [2.45, 2.75) is 58.7 Å². The summed E-state index contributed by atoms with van der Waals surface area (Å²) >= 11 is 0. The Morgan fingerprint density at radius 2 is 1.89 bits per heavy atom. The minimum atomic E-state index is 0.161. The van der Waals surface area contributed by atoms with E-state index in [9.17, 15) is 4.79 Å². The van der Waals surface area contributed by atoms with Gasteiger partial charge in [0.2, 0.25) is 0 Å². The first-order valence-corrected chi connectivity index (χ1v) is 10.2. The number of aryl methyl sites for hydroxylation is 2. The summed E-state index contributed by atoms with van der Waals surface area (Å²) in [6.07, 6.45) is 3.93. The molecule has 5 nitrogen and oxygen atoms in total. The average molecular weight is 367 g/mol. The second-order valence-electron chi connectivity index (χ2n) is 8.23. The van der Waals surface area contributed by atoms with E-state index in [-0.39, 0.29) is 5.91 Å². The third kappa shape index (κ3) is 3.79. The van der Waals surface area contributed by atoms with E-state index in [0.29, 0.717) is 12.1 Å². The lowest BCUT2D eigenvalue weighted by atomic mass is 9.97. The average Bonchev–Trinajstić information content (AvgIpc) is 2.93. The van der Waals surface area contributed by atoms with E-state index >= 15 is 0 Å². The summed E-state index contributed by atoms with van der Waals surface area (Å²) < 4.78 is 2.01. The van der Waals surface area contributed by atoms with Crippen LogP contribution in [-0.4, -0.2) is 57.2 Å². The van der Waals surface area contributed by atoms with Crippen LogP contribution in [0.25, 0.3) is 0 Å². The van der Waals surface area contributed by atoms with Crippen molar-refractivity contribution >= 4 is 5.91 Å². The van der Waals surface area contributed by atoms with E-state index in [1.54, 1.807) is 0 Å². The van der Waals surface area contributed by atoms with E-state index in [1.165, 1.54) is 31.4 Å². The van der Waals surface area contributed by atoms with Gasteiger partial charge in [0.15, 0.2) is 0 Å². The van der Waals surface area contributed by atoms with Gasteiger partial charge >= 0.3 is 0 Å². The zero-order chi connectivity index (χ0) is 19.0. The fourth-order valence-electron chi connectivity index (χ4n) is 4.44. The van der Waals surface area contributed by atoms with Crippen LogP contribution < -0.4 is 0 Å². The maximum absolute atomic E-state index is 12.8. The molecule has 0 saturated carbocycles. The Labute approximate surface area is 162 Å². The lowest BCUT2D eigenvalue weighted by Gasteiger charge is -2.49. The smallest absolute Gasteiger partial charge is 0.253 e. The van der Waals surface area contributed by atoms with E-state index in [2.05, 4.69) is 29.9 Å².